The van der Waals surface area contributed by atoms with Crippen LogP contribution in [0, 0.1) is 6.92 Å². The van der Waals surface area contributed by atoms with Crippen molar-refractivity contribution in [3.63, 3.8) is 0 Å². The summed E-state index contributed by atoms with van der Waals surface area (Å²) in [5.41, 5.74) is 3.70. The highest BCUT2D eigenvalue weighted by Gasteiger charge is 2.05. The van der Waals surface area contributed by atoms with Gasteiger partial charge in [0.2, 0.25) is 0 Å². The number of aromatic nitrogens is 4. The van der Waals surface area contributed by atoms with Crippen molar-refractivity contribution in [3.05, 3.63) is 42.4 Å². The molecule has 0 radical (unpaired) electrons. The molecular formula is C12H10N4. The summed E-state index contributed by atoms with van der Waals surface area (Å²) in [7, 11) is 0. The van der Waals surface area contributed by atoms with Crippen molar-refractivity contribution in [1.82, 2.24) is 19.9 Å². The molecule has 3 rings (SSSR count). The van der Waals surface area contributed by atoms with E-state index in [1.807, 2.05) is 31.2 Å². The van der Waals surface area contributed by atoms with Gasteiger partial charge in [-0.3, -0.25) is 4.98 Å². The molecule has 0 bridgehead atoms. The molecule has 0 saturated carbocycles. The van der Waals surface area contributed by atoms with E-state index in [1.54, 1.807) is 12.4 Å². The number of fused-ring (bicyclic) bond motifs is 1. The van der Waals surface area contributed by atoms with Crippen LogP contribution in [0.3, 0.4) is 0 Å². The summed E-state index contributed by atoms with van der Waals surface area (Å²) in [4.78, 5) is 16.0. The van der Waals surface area contributed by atoms with Gasteiger partial charge in [0.05, 0.1) is 5.52 Å². The normalized spacial score (nSPS) is 10.8. The first-order chi connectivity index (χ1) is 7.83. The summed E-state index contributed by atoms with van der Waals surface area (Å²) in [5.74, 6) is 0.833. The molecular weight excluding hydrogens is 200 g/mol. The van der Waals surface area contributed by atoms with Crippen LogP contribution in [0.5, 0.6) is 0 Å². The molecule has 1 N–H and O–H groups in total. The predicted molar refractivity (Wildman–Crippen MR) is 61.9 cm³/mol. The number of nitrogens with one attached hydrogen (secondary N) is 1. The fraction of sp³-hybridized carbons (Fsp3) is 0.0833. The minimum atomic E-state index is 0.743. The van der Waals surface area contributed by atoms with Crippen LogP contribution >= 0.6 is 0 Å². The van der Waals surface area contributed by atoms with Crippen LogP contribution in [0.4, 0.5) is 0 Å². The van der Waals surface area contributed by atoms with Crippen LogP contribution in [0.2, 0.25) is 0 Å². The summed E-state index contributed by atoms with van der Waals surface area (Å²) >= 11 is 0. The number of H-pyrrole nitrogens is 1. The van der Waals surface area contributed by atoms with Crippen molar-refractivity contribution in [2.24, 2.45) is 0 Å². The number of hydrogen-bond acceptors (Lipinski definition) is 3. The maximum Gasteiger partial charge on any atom is 0.178 e. The first kappa shape index (κ1) is 9.03. The predicted octanol–water partition coefficient (Wildman–Crippen LogP) is 2.33. The minimum absolute atomic E-state index is 0.743. The van der Waals surface area contributed by atoms with Crippen LogP contribution in [0.15, 0.2) is 36.7 Å². The van der Waals surface area contributed by atoms with Gasteiger partial charge in [0.25, 0.3) is 0 Å². The summed E-state index contributed by atoms with van der Waals surface area (Å²) in [5, 5.41) is 0. The summed E-state index contributed by atoms with van der Waals surface area (Å²) in [6, 6.07) is 7.79. The van der Waals surface area contributed by atoms with E-state index in [0.29, 0.717) is 0 Å². The van der Waals surface area contributed by atoms with E-state index >= 15 is 0 Å². The molecule has 0 fully saturated rings. The summed E-state index contributed by atoms with van der Waals surface area (Å²) in [6.45, 7) is 1.96. The molecule has 0 unspecified atom stereocenters. The number of aromatic amines is 1. The second kappa shape index (κ2) is 3.41. The van der Waals surface area contributed by atoms with E-state index in [-0.39, 0.29) is 0 Å². The lowest BCUT2D eigenvalue weighted by atomic mass is 10.2. The van der Waals surface area contributed by atoms with Crippen LogP contribution in [0.25, 0.3) is 22.6 Å². The highest BCUT2D eigenvalue weighted by molar-refractivity contribution is 5.75. The lowest BCUT2D eigenvalue weighted by Crippen LogP contribution is -1.84. The fourth-order valence-electron chi connectivity index (χ4n) is 1.67. The van der Waals surface area contributed by atoms with E-state index < -0.39 is 0 Å². The Balaban J connectivity index is 2.19. The molecule has 3 heterocycles. The zero-order valence-electron chi connectivity index (χ0n) is 8.81. The largest absolute Gasteiger partial charge is 0.337 e. The number of rotatable bonds is 1. The molecule has 78 valence electrons. The number of hydrogen-bond donors (Lipinski definition) is 1. The van der Waals surface area contributed by atoms with Crippen molar-refractivity contribution in [1.29, 1.82) is 0 Å². The lowest BCUT2D eigenvalue weighted by Gasteiger charge is -1.96. The van der Waals surface area contributed by atoms with Gasteiger partial charge in [0.15, 0.2) is 5.65 Å². The highest BCUT2D eigenvalue weighted by atomic mass is 15.0. The Morgan fingerprint density at radius 1 is 1.12 bits per heavy atom. The lowest BCUT2D eigenvalue weighted by molar-refractivity contribution is 1.19. The van der Waals surface area contributed by atoms with Gasteiger partial charge in [-0.05, 0) is 31.2 Å². The van der Waals surface area contributed by atoms with Gasteiger partial charge in [-0.2, -0.15) is 0 Å². The molecule has 3 aromatic heterocycles. The van der Waals surface area contributed by atoms with Crippen LogP contribution in [-0.2, 0) is 0 Å². The van der Waals surface area contributed by atoms with Gasteiger partial charge >= 0.3 is 0 Å². The van der Waals surface area contributed by atoms with Crippen LogP contribution < -0.4 is 0 Å². The third-order valence-corrected chi connectivity index (χ3v) is 2.43. The highest BCUT2D eigenvalue weighted by Crippen LogP contribution is 2.18. The molecule has 0 atom stereocenters. The molecule has 0 amide bonds. The molecule has 16 heavy (non-hydrogen) atoms. The summed E-state index contributed by atoms with van der Waals surface area (Å²) in [6.07, 6.45) is 3.52. The summed E-state index contributed by atoms with van der Waals surface area (Å²) < 4.78 is 0. The number of nitrogens with zero attached hydrogens (tertiary/aromatic N) is 3. The first-order valence-corrected chi connectivity index (χ1v) is 5.07. The van der Waals surface area contributed by atoms with Crippen molar-refractivity contribution in [2.45, 2.75) is 6.92 Å². The first-order valence-electron chi connectivity index (χ1n) is 5.07. The van der Waals surface area contributed by atoms with E-state index in [0.717, 1.165) is 28.2 Å². The monoisotopic (exact) mass is 210 g/mol. The standard InChI is InChI=1S/C12H10N4/c1-8-7-9(4-6-13-8)11-15-10-3-2-5-14-12(10)16-11/h2-7H,1H3,(H,14,15,16). The van der Waals surface area contributed by atoms with Gasteiger partial charge in [0, 0.05) is 23.7 Å². The van der Waals surface area contributed by atoms with Crippen molar-refractivity contribution < 1.29 is 0 Å². The van der Waals surface area contributed by atoms with E-state index in [4.69, 9.17) is 0 Å². The van der Waals surface area contributed by atoms with E-state index in [9.17, 15) is 0 Å². The minimum Gasteiger partial charge on any atom is -0.337 e. The smallest absolute Gasteiger partial charge is 0.178 e. The van der Waals surface area contributed by atoms with E-state index in [2.05, 4.69) is 19.9 Å². The number of aryl methyl sites for hydroxylation is 1. The van der Waals surface area contributed by atoms with Crippen molar-refractivity contribution in [3.8, 4) is 11.4 Å². The Hall–Kier alpha value is -2.23. The number of imidazole rings is 1. The molecule has 4 heteroatoms. The Bertz CT molecular complexity index is 609. The zero-order chi connectivity index (χ0) is 11.0. The van der Waals surface area contributed by atoms with Gasteiger partial charge in [-0.1, -0.05) is 0 Å². The quantitative estimate of drug-likeness (QED) is 0.670. The molecule has 0 aliphatic carbocycles. The van der Waals surface area contributed by atoms with Crippen LogP contribution in [0.1, 0.15) is 5.69 Å². The van der Waals surface area contributed by atoms with Crippen LogP contribution in [-0.4, -0.2) is 19.9 Å². The Morgan fingerprint density at radius 2 is 2.06 bits per heavy atom. The maximum absolute atomic E-state index is 4.43. The Labute approximate surface area is 92.4 Å². The van der Waals surface area contributed by atoms with Crippen molar-refractivity contribution in [2.75, 3.05) is 0 Å². The van der Waals surface area contributed by atoms with Gasteiger partial charge < -0.3 is 4.98 Å². The van der Waals surface area contributed by atoms with Gasteiger partial charge in [0.1, 0.15) is 5.82 Å². The Morgan fingerprint density at radius 3 is 2.88 bits per heavy atom. The molecule has 0 saturated heterocycles. The zero-order valence-corrected chi connectivity index (χ0v) is 8.81. The average Bonchev–Trinajstić information content (AvgIpc) is 2.72. The van der Waals surface area contributed by atoms with Gasteiger partial charge in [-0.25, -0.2) is 9.97 Å². The third-order valence-electron chi connectivity index (χ3n) is 2.43. The van der Waals surface area contributed by atoms with Gasteiger partial charge in [-0.15, -0.1) is 0 Å². The second-order valence-electron chi connectivity index (χ2n) is 3.65. The molecule has 0 aliphatic heterocycles. The Kier molecular flexibility index (Phi) is 1.93. The molecule has 0 aromatic carbocycles. The number of pyridine rings is 2. The topological polar surface area (TPSA) is 54.5 Å². The molecule has 0 aliphatic rings. The second-order valence-corrected chi connectivity index (χ2v) is 3.65. The van der Waals surface area contributed by atoms with E-state index in [1.165, 1.54) is 0 Å². The average molecular weight is 210 g/mol. The maximum atomic E-state index is 4.43. The molecule has 4 nitrogen and oxygen atoms in total. The molecule has 0 spiro atoms. The SMILES string of the molecule is Cc1cc(-c2nc3ncccc3[nH]2)ccn1. The third kappa shape index (κ3) is 1.44. The van der Waals surface area contributed by atoms with Crippen molar-refractivity contribution >= 4 is 11.2 Å². The molecule has 3 aromatic rings. The fourth-order valence-corrected chi connectivity index (χ4v) is 1.67.